The van der Waals surface area contributed by atoms with E-state index in [0.717, 1.165) is 27.8 Å². The fourth-order valence-electron chi connectivity index (χ4n) is 2.09. The van der Waals surface area contributed by atoms with Gasteiger partial charge in [-0.1, -0.05) is 55.1 Å². The highest BCUT2D eigenvalue weighted by atomic mass is 16.1. The minimum absolute atomic E-state index is 0.145. The van der Waals surface area contributed by atoms with Crippen molar-refractivity contribution >= 4 is 11.4 Å². The van der Waals surface area contributed by atoms with Crippen LogP contribution in [0.4, 0.5) is 0 Å². The third-order valence-electron chi connectivity index (χ3n) is 3.52. The first-order valence-corrected chi connectivity index (χ1v) is 6.66. The van der Waals surface area contributed by atoms with Crippen LogP contribution in [0.3, 0.4) is 0 Å². The standard InChI is InChI=1S/C19H18O/c1-4-14(2)16-9-11-17(12-10-16)19(20)13-18-8-6-5-7-15(18)3/h5-12H,1,13H2,2-3H3. The number of carbonyl (C=O) groups is 1. The van der Waals surface area contributed by atoms with Gasteiger partial charge in [-0.25, -0.2) is 0 Å². The lowest BCUT2D eigenvalue weighted by Crippen LogP contribution is -2.04. The molecule has 0 aliphatic carbocycles. The van der Waals surface area contributed by atoms with Crippen LogP contribution < -0.4 is 0 Å². The molecule has 2 aromatic carbocycles. The molecular weight excluding hydrogens is 244 g/mol. The minimum Gasteiger partial charge on any atom is -0.294 e. The second-order valence-corrected chi connectivity index (χ2v) is 4.91. The molecule has 20 heavy (non-hydrogen) atoms. The SMILES string of the molecule is C=C=C(C)c1ccc(C(=O)Cc2ccccc2C)cc1. The maximum absolute atomic E-state index is 12.3. The maximum atomic E-state index is 12.3. The third kappa shape index (κ3) is 3.14. The summed E-state index contributed by atoms with van der Waals surface area (Å²) in [4.78, 5) is 12.3. The van der Waals surface area contributed by atoms with E-state index in [1.54, 1.807) is 0 Å². The van der Waals surface area contributed by atoms with Crippen molar-refractivity contribution in [2.75, 3.05) is 0 Å². The van der Waals surface area contributed by atoms with Gasteiger partial charge in [-0.05, 0) is 36.1 Å². The Morgan fingerprint density at radius 3 is 2.25 bits per heavy atom. The Bertz CT molecular complexity index is 671. The molecule has 0 heterocycles. The van der Waals surface area contributed by atoms with Gasteiger partial charge >= 0.3 is 0 Å². The molecule has 0 aliphatic rings. The largest absolute Gasteiger partial charge is 0.294 e. The summed E-state index contributed by atoms with van der Waals surface area (Å²) >= 11 is 0. The number of allylic oxidation sites excluding steroid dienone is 1. The molecule has 0 aliphatic heterocycles. The molecule has 0 bridgehead atoms. The Morgan fingerprint density at radius 2 is 1.65 bits per heavy atom. The first kappa shape index (κ1) is 14.0. The van der Waals surface area contributed by atoms with Crippen molar-refractivity contribution in [1.29, 1.82) is 0 Å². The van der Waals surface area contributed by atoms with Crippen molar-refractivity contribution in [1.82, 2.24) is 0 Å². The number of benzene rings is 2. The quantitative estimate of drug-likeness (QED) is 0.581. The molecule has 0 saturated carbocycles. The summed E-state index contributed by atoms with van der Waals surface area (Å²) in [6.45, 7) is 7.62. The zero-order valence-electron chi connectivity index (χ0n) is 11.9. The monoisotopic (exact) mass is 262 g/mol. The lowest BCUT2D eigenvalue weighted by Gasteiger charge is -2.06. The van der Waals surface area contributed by atoms with Crippen molar-refractivity contribution in [3.05, 3.63) is 83.1 Å². The summed E-state index contributed by atoms with van der Waals surface area (Å²) < 4.78 is 0. The van der Waals surface area contributed by atoms with Gasteiger partial charge in [-0.3, -0.25) is 4.79 Å². The van der Waals surface area contributed by atoms with Gasteiger partial charge in [-0.2, -0.15) is 0 Å². The molecule has 0 atom stereocenters. The number of carbonyl (C=O) groups excluding carboxylic acids is 1. The zero-order chi connectivity index (χ0) is 14.5. The van der Waals surface area contributed by atoms with Gasteiger partial charge in [0.1, 0.15) is 0 Å². The first-order chi connectivity index (χ1) is 9.61. The van der Waals surface area contributed by atoms with Gasteiger partial charge in [0, 0.05) is 12.0 Å². The molecule has 0 fully saturated rings. The van der Waals surface area contributed by atoms with Gasteiger partial charge < -0.3 is 0 Å². The first-order valence-electron chi connectivity index (χ1n) is 6.66. The second kappa shape index (κ2) is 6.18. The zero-order valence-corrected chi connectivity index (χ0v) is 11.9. The number of hydrogen-bond acceptors (Lipinski definition) is 1. The van der Waals surface area contributed by atoms with Crippen molar-refractivity contribution in [3.63, 3.8) is 0 Å². The summed E-state index contributed by atoms with van der Waals surface area (Å²) in [5.74, 6) is 0.145. The van der Waals surface area contributed by atoms with E-state index in [1.165, 1.54) is 0 Å². The van der Waals surface area contributed by atoms with E-state index >= 15 is 0 Å². The van der Waals surface area contributed by atoms with E-state index in [1.807, 2.05) is 62.4 Å². The summed E-state index contributed by atoms with van der Waals surface area (Å²) in [6, 6.07) is 15.6. The molecule has 0 amide bonds. The summed E-state index contributed by atoms with van der Waals surface area (Å²) in [5.41, 5.74) is 7.88. The van der Waals surface area contributed by atoms with Crippen LogP contribution in [0.25, 0.3) is 5.57 Å². The van der Waals surface area contributed by atoms with E-state index in [2.05, 4.69) is 12.3 Å². The molecule has 0 aromatic heterocycles. The predicted molar refractivity (Wildman–Crippen MR) is 83.9 cm³/mol. The van der Waals surface area contributed by atoms with Crippen LogP contribution in [0.5, 0.6) is 0 Å². The highest BCUT2D eigenvalue weighted by Crippen LogP contribution is 2.16. The summed E-state index contributed by atoms with van der Waals surface area (Å²) in [6.07, 6.45) is 0.447. The summed E-state index contributed by atoms with van der Waals surface area (Å²) in [7, 11) is 0. The second-order valence-electron chi connectivity index (χ2n) is 4.91. The molecule has 0 radical (unpaired) electrons. The van der Waals surface area contributed by atoms with E-state index in [9.17, 15) is 4.79 Å². The Balaban J connectivity index is 2.18. The molecule has 1 nitrogen and oxygen atoms in total. The lowest BCUT2D eigenvalue weighted by molar-refractivity contribution is 0.0993. The molecule has 2 aromatic rings. The minimum atomic E-state index is 0.145. The van der Waals surface area contributed by atoms with Crippen LogP contribution in [0.2, 0.25) is 0 Å². The van der Waals surface area contributed by atoms with E-state index in [4.69, 9.17) is 0 Å². The van der Waals surface area contributed by atoms with Crippen LogP contribution in [0, 0.1) is 6.92 Å². The Hall–Kier alpha value is -2.37. The molecule has 0 saturated heterocycles. The van der Waals surface area contributed by atoms with Crippen molar-refractivity contribution in [2.24, 2.45) is 0 Å². The van der Waals surface area contributed by atoms with Gasteiger partial charge in [-0.15, -0.1) is 5.73 Å². The Morgan fingerprint density at radius 1 is 1.05 bits per heavy atom. The predicted octanol–water partition coefficient (Wildman–Crippen LogP) is 4.61. The molecular formula is C19H18O. The highest BCUT2D eigenvalue weighted by molar-refractivity contribution is 5.97. The third-order valence-corrected chi connectivity index (χ3v) is 3.52. The average molecular weight is 262 g/mol. The fraction of sp³-hybridized carbons (Fsp3) is 0.158. The maximum Gasteiger partial charge on any atom is 0.167 e. The van der Waals surface area contributed by atoms with E-state index in [-0.39, 0.29) is 5.78 Å². The molecule has 0 unspecified atom stereocenters. The van der Waals surface area contributed by atoms with Crippen molar-refractivity contribution in [2.45, 2.75) is 20.3 Å². The number of rotatable bonds is 4. The van der Waals surface area contributed by atoms with Crippen LogP contribution >= 0.6 is 0 Å². The molecule has 2 rings (SSSR count). The molecule has 1 heteroatoms. The van der Waals surface area contributed by atoms with Gasteiger partial charge in [0.15, 0.2) is 5.78 Å². The lowest BCUT2D eigenvalue weighted by atomic mass is 9.98. The number of aryl methyl sites for hydroxylation is 1. The average Bonchev–Trinajstić information content (AvgIpc) is 2.49. The Labute approximate surface area is 120 Å². The number of Topliss-reactive ketones (excluding diaryl/α,β-unsaturated/α-hetero) is 1. The fourth-order valence-corrected chi connectivity index (χ4v) is 2.09. The highest BCUT2D eigenvalue weighted by Gasteiger charge is 2.08. The van der Waals surface area contributed by atoms with Crippen molar-refractivity contribution < 1.29 is 4.79 Å². The van der Waals surface area contributed by atoms with Gasteiger partial charge in [0.25, 0.3) is 0 Å². The van der Waals surface area contributed by atoms with Crippen molar-refractivity contribution in [3.8, 4) is 0 Å². The molecule has 0 N–H and O–H groups in total. The van der Waals surface area contributed by atoms with E-state index in [0.29, 0.717) is 6.42 Å². The van der Waals surface area contributed by atoms with Crippen LogP contribution in [0.15, 0.2) is 60.8 Å². The van der Waals surface area contributed by atoms with Crippen LogP contribution in [0.1, 0.15) is 34.0 Å². The molecule has 0 spiro atoms. The van der Waals surface area contributed by atoms with E-state index < -0.39 is 0 Å². The topological polar surface area (TPSA) is 17.1 Å². The smallest absolute Gasteiger partial charge is 0.167 e. The number of hydrogen-bond donors (Lipinski definition) is 0. The van der Waals surface area contributed by atoms with Crippen LogP contribution in [-0.2, 0) is 6.42 Å². The number of ketones is 1. The summed E-state index contributed by atoms with van der Waals surface area (Å²) in [5, 5.41) is 0. The molecule has 100 valence electrons. The van der Waals surface area contributed by atoms with Crippen LogP contribution in [-0.4, -0.2) is 5.78 Å². The van der Waals surface area contributed by atoms with Gasteiger partial charge in [0.05, 0.1) is 0 Å². The Kier molecular flexibility index (Phi) is 4.34. The normalized spacial score (nSPS) is 9.90. The van der Waals surface area contributed by atoms with Gasteiger partial charge in [0.2, 0.25) is 0 Å².